The number of halogens is 1. The third-order valence-electron chi connectivity index (χ3n) is 8.46. The van der Waals surface area contributed by atoms with Crippen molar-refractivity contribution in [2.24, 2.45) is 0 Å². The maximum absolute atomic E-state index is 15.3. The Labute approximate surface area is 261 Å². The molecular formula is C33H40FN7O4. The highest BCUT2D eigenvalue weighted by molar-refractivity contribution is 6.03. The Balaban J connectivity index is 1.36. The number of ether oxygens (including phenoxy) is 1. The predicted molar refractivity (Wildman–Crippen MR) is 171 cm³/mol. The predicted octanol–water partition coefficient (Wildman–Crippen LogP) is 3.73. The van der Waals surface area contributed by atoms with Crippen molar-refractivity contribution >= 4 is 17.4 Å². The van der Waals surface area contributed by atoms with Gasteiger partial charge >= 0.3 is 5.69 Å². The molecule has 11 nitrogen and oxygen atoms in total. The standard InChI is InChI=1S/C33H40FN7O4/c1-4-39-21-25(31(43)41(32(39)44)23-8-6-5-7-9-23)30(42)38-22-10-11-28(26(34)20-22)45-27-13-15-37-29(35)24(27)12-14-33(2,3)40-18-16-36-17-19-40/h10-11,13,15,20-21,23,36H,4-9,16-19H2,1-3H3,(H2,35,37)(H,38,42). The lowest BCUT2D eigenvalue weighted by Gasteiger charge is -2.37. The van der Waals surface area contributed by atoms with Crippen LogP contribution in [0.25, 0.3) is 0 Å². The Morgan fingerprint density at radius 1 is 1.16 bits per heavy atom. The Morgan fingerprint density at radius 2 is 1.89 bits per heavy atom. The summed E-state index contributed by atoms with van der Waals surface area (Å²) in [7, 11) is 0. The van der Waals surface area contributed by atoms with Gasteiger partial charge in [0.05, 0.1) is 5.54 Å². The molecule has 3 heterocycles. The molecule has 45 heavy (non-hydrogen) atoms. The number of rotatable bonds is 7. The van der Waals surface area contributed by atoms with Crippen molar-refractivity contribution in [1.82, 2.24) is 24.3 Å². The minimum atomic E-state index is -0.749. The lowest BCUT2D eigenvalue weighted by Crippen LogP contribution is -2.52. The number of nitrogen functional groups attached to an aromatic ring is 1. The number of hydrogen-bond acceptors (Lipinski definition) is 8. The molecule has 0 bridgehead atoms. The molecule has 0 spiro atoms. The van der Waals surface area contributed by atoms with Crippen molar-refractivity contribution in [3.63, 3.8) is 0 Å². The third-order valence-corrected chi connectivity index (χ3v) is 8.46. The summed E-state index contributed by atoms with van der Waals surface area (Å²) in [5.74, 6) is 5.19. The van der Waals surface area contributed by atoms with Gasteiger partial charge in [-0.15, -0.1) is 0 Å². The summed E-state index contributed by atoms with van der Waals surface area (Å²) < 4.78 is 23.8. The smallest absolute Gasteiger partial charge is 0.331 e. The number of carbonyl (C=O) groups excluding carboxylic acids is 1. The number of amides is 1. The highest BCUT2D eigenvalue weighted by atomic mass is 19.1. The molecule has 2 aliphatic rings. The topological polar surface area (TPSA) is 137 Å². The van der Waals surface area contributed by atoms with Crippen LogP contribution in [0.5, 0.6) is 11.5 Å². The molecule has 3 aromatic rings. The first-order chi connectivity index (χ1) is 21.6. The quantitative estimate of drug-likeness (QED) is 0.341. The molecule has 5 rings (SSSR count). The van der Waals surface area contributed by atoms with Gasteiger partial charge in [-0.1, -0.05) is 31.1 Å². The van der Waals surface area contributed by atoms with Crippen LogP contribution < -0.4 is 32.4 Å². The molecule has 0 atom stereocenters. The van der Waals surface area contributed by atoms with E-state index in [-0.39, 0.29) is 34.6 Å². The number of pyridine rings is 1. The molecule has 4 N–H and O–H groups in total. The molecule has 1 amide bonds. The van der Waals surface area contributed by atoms with Crippen LogP contribution >= 0.6 is 0 Å². The number of aryl methyl sites for hydroxylation is 1. The minimum Gasteiger partial charge on any atom is -0.453 e. The Bertz CT molecular complexity index is 1740. The zero-order valence-electron chi connectivity index (χ0n) is 26.0. The van der Waals surface area contributed by atoms with Gasteiger partial charge in [0, 0.05) is 69.0 Å². The van der Waals surface area contributed by atoms with Crippen LogP contribution in [-0.2, 0) is 6.54 Å². The third kappa shape index (κ3) is 7.10. The Kier molecular flexibility index (Phi) is 9.70. The number of nitrogens with two attached hydrogens (primary N) is 1. The van der Waals surface area contributed by atoms with E-state index in [4.69, 9.17) is 10.5 Å². The van der Waals surface area contributed by atoms with Crippen LogP contribution in [0.1, 0.15) is 74.8 Å². The van der Waals surface area contributed by atoms with E-state index in [1.165, 1.54) is 33.7 Å². The summed E-state index contributed by atoms with van der Waals surface area (Å²) in [5, 5.41) is 5.93. The molecule has 238 valence electrons. The average molecular weight is 618 g/mol. The van der Waals surface area contributed by atoms with E-state index in [1.807, 2.05) is 13.8 Å². The van der Waals surface area contributed by atoms with E-state index in [2.05, 4.69) is 32.4 Å². The van der Waals surface area contributed by atoms with Crippen LogP contribution in [0, 0.1) is 17.7 Å². The maximum atomic E-state index is 15.3. The van der Waals surface area contributed by atoms with Crippen LogP contribution in [-0.4, -0.2) is 56.6 Å². The van der Waals surface area contributed by atoms with Gasteiger partial charge in [-0.2, -0.15) is 0 Å². The Hall–Kier alpha value is -4.47. The molecule has 0 radical (unpaired) electrons. The fraction of sp³-hybridized carbons (Fsp3) is 0.455. The number of aromatic nitrogens is 3. The fourth-order valence-electron chi connectivity index (χ4n) is 5.83. The van der Waals surface area contributed by atoms with E-state index >= 15 is 4.39 Å². The second-order valence-corrected chi connectivity index (χ2v) is 11.9. The molecule has 1 aromatic carbocycles. The zero-order chi connectivity index (χ0) is 32.1. The monoisotopic (exact) mass is 617 g/mol. The second kappa shape index (κ2) is 13.7. The summed E-state index contributed by atoms with van der Waals surface area (Å²) >= 11 is 0. The van der Waals surface area contributed by atoms with Crippen molar-refractivity contribution in [3.8, 4) is 23.3 Å². The van der Waals surface area contributed by atoms with Crippen molar-refractivity contribution in [1.29, 1.82) is 0 Å². The first kappa shape index (κ1) is 31.9. The number of hydrogen-bond donors (Lipinski definition) is 3. The Morgan fingerprint density at radius 3 is 2.58 bits per heavy atom. The lowest BCUT2D eigenvalue weighted by molar-refractivity contribution is 0.102. The molecule has 0 unspecified atom stereocenters. The van der Waals surface area contributed by atoms with Gasteiger partial charge in [-0.25, -0.2) is 14.2 Å². The van der Waals surface area contributed by atoms with Crippen LogP contribution in [0.15, 0.2) is 46.2 Å². The van der Waals surface area contributed by atoms with E-state index in [9.17, 15) is 14.4 Å². The summed E-state index contributed by atoms with van der Waals surface area (Å²) in [4.78, 5) is 46.0. The number of nitrogens with zero attached hydrogens (tertiary/aromatic N) is 4. The minimum absolute atomic E-state index is 0.109. The number of carbonyl (C=O) groups is 1. The van der Waals surface area contributed by atoms with Gasteiger partial charge in [-0.3, -0.25) is 23.6 Å². The average Bonchev–Trinajstić information content (AvgIpc) is 3.03. The zero-order valence-corrected chi connectivity index (χ0v) is 26.0. The van der Waals surface area contributed by atoms with Gasteiger partial charge in [0.15, 0.2) is 11.6 Å². The first-order valence-corrected chi connectivity index (χ1v) is 15.5. The van der Waals surface area contributed by atoms with E-state index in [1.54, 1.807) is 13.0 Å². The van der Waals surface area contributed by atoms with Crippen molar-refractivity contribution in [3.05, 3.63) is 74.4 Å². The van der Waals surface area contributed by atoms with Gasteiger partial charge in [-0.05, 0) is 45.7 Å². The van der Waals surface area contributed by atoms with Gasteiger partial charge in [0.1, 0.15) is 22.7 Å². The molecule has 1 saturated carbocycles. The number of benzene rings is 1. The summed E-state index contributed by atoms with van der Waals surface area (Å²) in [5.41, 5.74) is 4.94. The highest BCUT2D eigenvalue weighted by Gasteiger charge is 2.27. The SMILES string of the molecule is CCn1cc(C(=O)Nc2ccc(Oc3ccnc(N)c3C#CC(C)(C)N3CCNCC3)c(F)c2)c(=O)n(C2CCCCC2)c1=O. The van der Waals surface area contributed by atoms with E-state index in [0.29, 0.717) is 24.9 Å². The molecule has 2 fully saturated rings. The largest absolute Gasteiger partial charge is 0.453 e. The molecule has 12 heteroatoms. The summed E-state index contributed by atoms with van der Waals surface area (Å²) in [6, 6.07) is 5.26. The summed E-state index contributed by atoms with van der Waals surface area (Å²) in [6.07, 6.45) is 7.04. The second-order valence-electron chi connectivity index (χ2n) is 11.9. The van der Waals surface area contributed by atoms with Crippen LogP contribution in [0.3, 0.4) is 0 Å². The first-order valence-electron chi connectivity index (χ1n) is 15.5. The van der Waals surface area contributed by atoms with E-state index < -0.39 is 28.5 Å². The van der Waals surface area contributed by atoms with Crippen LogP contribution in [0.2, 0.25) is 0 Å². The molecule has 1 aliphatic carbocycles. The fourth-order valence-corrected chi connectivity index (χ4v) is 5.83. The van der Waals surface area contributed by atoms with Crippen LogP contribution in [0.4, 0.5) is 15.9 Å². The summed E-state index contributed by atoms with van der Waals surface area (Å²) in [6.45, 7) is 9.63. The molecule has 2 aromatic heterocycles. The number of piperazine rings is 1. The lowest BCUT2D eigenvalue weighted by atomic mass is 9.95. The maximum Gasteiger partial charge on any atom is 0.331 e. The molecule has 1 saturated heterocycles. The van der Waals surface area contributed by atoms with Gasteiger partial charge < -0.3 is 21.1 Å². The van der Waals surface area contributed by atoms with Gasteiger partial charge in [0.2, 0.25) is 0 Å². The molecular weight excluding hydrogens is 577 g/mol. The highest BCUT2D eigenvalue weighted by Crippen LogP contribution is 2.31. The normalized spacial score (nSPS) is 16.1. The van der Waals surface area contributed by atoms with E-state index in [0.717, 1.165) is 51.5 Å². The van der Waals surface area contributed by atoms with Gasteiger partial charge in [0.25, 0.3) is 11.5 Å². The molecule has 1 aliphatic heterocycles. The van der Waals surface area contributed by atoms with Crippen molar-refractivity contribution < 1.29 is 13.9 Å². The number of nitrogens with one attached hydrogen (secondary N) is 2. The van der Waals surface area contributed by atoms with Crippen molar-refractivity contribution in [2.75, 3.05) is 37.2 Å². The van der Waals surface area contributed by atoms with Crippen molar-refractivity contribution in [2.45, 2.75) is 71.0 Å². The number of anilines is 2.